The molecule has 1 aliphatic rings. The Morgan fingerprint density at radius 1 is 1.33 bits per heavy atom. The van der Waals surface area contributed by atoms with E-state index in [4.69, 9.17) is 9.82 Å². The number of hydroxylamine groups is 2. The van der Waals surface area contributed by atoms with E-state index in [0.29, 0.717) is 5.92 Å². The molecule has 0 amide bonds. The van der Waals surface area contributed by atoms with Gasteiger partial charge in [-0.25, -0.2) is 9.78 Å². The van der Waals surface area contributed by atoms with Gasteiger partial charge in [-0.2, -0.15) is 0 Å². The van der Waals surface area contributed by atoms with Crippen molar-refractivity contribution in [3.8, 4) is 11.5 Å². The third-order valence-corrected chi connectivity index (χ3v) is 5.60. The summed E-state index contributed by atoms with van der Waals surface area (Å²) in [5, 5.41) is 5.02. The van der Waals surface area contributed by atoms with Crippen molar-refractivity contribution in [2.45, 2.75) is 59.2 Å². The van der Waals surface area contributed by atoms with Crippen molar-refractivity contribution in [3.63, 3.8) is 0 Å². The first-order valence-electron chi connectivity index (χ1n) is 8.50. The SMILES string of the molecule is CC(C)(C)C(=O)ON1CCC(c2nc(C#C[Si](C)(C)C)cs2)CC1. The molecule has 0 saturated carbocycles. The Bertz CT molecular complexity index is 638. The van der Waals surface area contributed by atoms with E-state index in [1.165, 1.54) is 0 Å². The number of hydrogen-bond donors (Lipinski definition) is 0. The molecule has 0 radical (unpaired) electrons. The molecule has 4 nitrogen and oxygen atoms in total. The van der Waals surface area contributed by atoms with Crippen molar-refractivity contribution in [1.82, 2.24) is 10.0 Å². The van der Waals surface area contributed by atoms with E-state index in [-0.39, 0.29) is 5.97 Å². The number of nitrogens with zero attached hydrogens (tertiary/aromatic N) is 2. The van der Waals surface area contributed by atoms with Gasteiger partial charge in [0.25, 0.3) is 0 Å². The summed E-state index contributed by atoms with van der Waals surface area (Å²) in [6.45, 7) is 13.9. The molecule has 0 aliphatic carbocycles. The summed E-state index contributed by atoms with van der Waals surface area (Å²) in [6, 6.07) is 0. The van der Waals surface area contributed by atoms with Crippen molar-refractivity contribution < 1.29 is 9.63 Å². The number of rotatable bonds is 2. The lowest BCUT2D eigenvalue weighted by Crippen LogP contribution is -2.38. The third kappa shape index (κ3) is 5.73. The molecular formula is C18H28N2O2SSi. The first-order valence-corrected chi connectivity index (χ1v) is 12.9. The highest BCUT2D eigenvalue weighted by atomic mass is 32.1. The van der Waals surface area contributed by atoms with E-state index in [9.17, 15) is 4.79 Å². The van der Waals surface area contributed by atoms with Crippen LogP contribution in [0.15, 0.2) is 5.38 Å². The van der Waals surface area contributed by atoms with Crippen LogP contribution >= 0.6 is 11.3 Å². The summed E-state index contributed by atoms with van der Waals surface area (Å²) in [7, 11) is -1.36. The molecule has 0 atom stereocenters. The zero-order valence-electron chi connectivity index (χ0n) is 15.6. The molecule has 1 aliphatic heterocycles. The summed E-state index contributed by atoms with van der Waals surface area (Å²) in [4.78, 5) is 22.1. The minimum atomic E-state index is -1.36. The predicted octanol–water partition coefficient (Wildman–Crippen LogP) is 4.06. The van der Waals surface area contributed by atoms with Crippen LogP contribution in [0.3, 0.4) is 0 Å². The fourth-order valence-electron chi connectivity index (χ4n) is 2.23. The van der Waals surface area contributed by atoms with Gasteiger partial charge < -0.3 is 4.84 Å². The Kier molecular flexibility index (Phi) is 5.90. The lowest BCUT2D eigenvalue weighted by molar-refractivity contribution is -0.204. The number of aromatic nitrogens is 1. The molecule has 24 heavy (non-hydrogen) atoms. The molecule has 1 aromatic rings. The summed E-state index contributed by atoms with van der Waals surface area (Å²) in [5.41, 5.74) is 3.80. The Morgan fingerprint density at radius 3 is 2.50 bits per heavy atom. The standard InChI is InChI=1S/C18H28N2O2SSi/c1-18(2,3)17(21)22-20-10-7-14(8-11-20)16-19-15(13-23-16)9-12-24(4,5)6/h13-14H,7-8,10-11H2,1-6H3. The highest BCUT2D eigenvalue weighted by Gasteiger charge is 2.29. The maximum atomic E-state index is 12.0. The molecule has 0 spiro atoms. The first-order chi connectivity index (χ1) is 11.0. The lowest BCUT2D eigenvalue weighted by atomic mass is 9.97. The summed E-state index contributed by atoms with van der Waals surface area (Å²) >= 11 is 1.70. The summed E-state index contributed by atoms with van der Waals surface area (Å²) < 4.78 is 0. The second kappa shape index (κ2) is 7.38. The summed E-state index contributed by atoms with van der Waals surface area (Å²) in [6.07, 6.45) is 1.93. The van der Waals surface area contributed by atoms with E-state index in [2.05, 4.69) is 36.5 Å². The van der Waals surface area contributed by atoms with Gasteiger partial charge in [-0.15, -0.1) is 21.9 Å². The first kappa shape index (κ1) is 19.2. The van der Waals surface area contributed by atoms with Gasteiger partial charge in [0.2, 0.25) is 0 Å². The molecule has 1 saturated heterocycles. The molecule has 1 aromatic heterocycles. The highest BCUT2D eigenvalue weighted by molar-refractivity contribution is 7.09. The zero-order valence-corrected chi connectivity index (χ0v) is 17.4. The van der Waals surface area contributed by atoms with E-state index >= 15 is 0 Å². The van der Waals surface area contributed by atoms with Gasteiger partial charge in [0.05, 0.1) is 10.4 Å². The number of thiazole rings is 1. The van der Waals surface area contributed by atoms with Crippen LogP contribution in [-0.4, -0.2) is 37.2 Å². The van der Waals surface area contributed by atoms with Crippen LogP contribution in [0.1, 0.15) is 50.2 Å². The molecule has 132 valence electrons. The van der Waals surface area contributed by atoms with E-state index in [1.807, 2.05) is 20.8 Å². The average Bonchev–Trinajstić information content (AvgIpc) is 2.93. The number of carbonyl (C=O) groups is 1. The monoisotopic (exact) mass is 364 g/mol. The molecule has 0 unspecified atom stereocenters. The Balaban J connectivity index is 1.90. The average molecular weight is 365 g/mol. The van der Waals surface area contributed by atoms with Crippen molar-refractivity contribution in [3.05, 3.63) is 16.1 Å². The number of piperidine rings is 1. The van der Waals surface area contributed by atoms with Crippen LogP contribution in [0.25, 0.3) is 0 Å². The molecular weight excluding hydrogens is 336 g/mol. The summed E-state index contributed by atoms with van der Waals surface area (Å²) in [5.74, 6) is 3.51. The Labute approximate surface area is 150 Å². The minimum Gasteiger partial charge on any atom is -0.367 e. The quantitative estimate of drug-likeness (QED) is 0.586. The van der Waals surface area contributed by atoms with Gasteiger partial charge in [-0.05, 0) is 33.6 Å². The molecule has 0 N–H and O–H groups in total. The third-order valence-electron chi connectivity index (χ3n) is 3.72. The largest absolute Gasteiger partial charge is 0.367 e. The van der Waals surface area contributed by atoms with E-state index < -0.39 is 13.5 Å². The zero-order chi connectivity index (χ0) is 18.0. The minimum absolute atomic E-state index is 0.167. The van der Waals surface area contributed by atoms with Crippen LogP contribution < -0.4 is 0 Å². The molecule has 6 heteroatoms. The second-order valence-electron chi connectivity index (χ2n) is 8.40. The van der Waals surface area contributed by atoms with Gasteiger partial charge in [0.1, 0.15) is 13.8 Å². The van der Waals surface area contributed by atoms with Crippen LogP contribution in [0.5, 0.6) is 0 Å². The molecule has 0 aromatic carbocycles. The normalized spacial score (nSPS) is 17.2. The topological polar surface area (TPSA) is 42.4 Å². The van der Waals surface area contributed by atoms with Gasteiger partial charge in [0, 0.05) is 24.4 Å². The second-order valence-corrected chi connectivity index (χ2v) is 14.0. The van der Waals surface area contributed by atoms with E-state index in [0.717, 1.165) is 36.6 Å². The number of hydrogen-bond acceptors (Lipinski definition) is 5. The lowest BCUT2D eigenvalue weighted by Gasteiger charge is -2.31. The maximum Gasteiger partial charge on any atom is 0.330 e. The van der Waals surface area contributed by atoms with Crippen LogP contribution in [-0.2, 0) is 9.63 Å². The van der Waals surface area contributed by atoms with Gasteiger partial charge in [0.15, 0.2) is 0 Å². The van der Waals surface area contributed by atoms with Gasteiger partial charge in [-0.3, -0.25) is 0 Å². The van der Waals surface area contributed by atoms with Crippen molar-refractivity contribution in [2.75, 3.05) is 13.1 Å². The molecule has 1 fully saturated rings. The predicted molar refractivity (Wildman–Crippen MR) is 101 cm³/mol. The van der Waals surface area contributed by atoms with Gasteiger partial charge >= 0.3 is 5.97 Å². The molecule has 0 bridgehead atoms. The van der Waals surface area contributed by atoms with E-state index in [1.54, 1.807) is 16.4 Å². The van der Waals surface area contributed by atoms with Crippen molar-refractivity contribution >= 4 is 25.4 Å². The fraction of sp³-hybridized carbons (Fsp3) is 0.667. The molecule has 2 rings (SSSR count). The highest BCUT2D eigenvalue weighted by Crippen LogP contribution is 2.30. The van der Waals surface area contributed by atoms with Crippen LogP contribution in [0.2, 0.25) is 19.6 Å². The van der Waals surface area contributed by atoms with Crippen molar-refractivity contribution in [1.29, 1.82) is 0 Å². The fourth-order valence-corrected chi connectivity index (χ4v) is 3.66. The van der Waals surface area contributed by atoms with Crippen molar-refractivity contribution in [2.24, 2.45) is 5.41 Å². The van der Waals surface area contributed by atoms with Gasteiger partial charge in [-0.1, -0.05) is 25.6 Å². The number of carbonyl (C=O) groups excluding carboxylic acids is 1. The Hall–Kier alpha value is -1.16. The smallest absolute Gasteiger partial charge is 0.330 e. The molecule has 2 heterocycles. The Morgan fingerprint density at radius 2 is 1.96 bits per heavy atom. The van der Waals surface area contributed by atoms with Crippen LogP contribution in [0, 0.1) is 16.9 Å². The maximum absolute atomic E-state index is 12.0. The van der Waals surface area contributed by atoms with Crippen LogP contribution in [0.4, 0.5) is 0 Å².